The predicted octanol–water partition coefficient (Wildman–Crippen LogP) is 2.60. The second-order valence-electron chi connectivity index (χ2n) is 6.41. The van der Waals surface area contributed by atoms with Crippen molar-refractivity contribution in [2.45, 2.75) is 36.1 Å². The van der Waals surface area contributed by atoms with Gasteiger partial charge in [0, 0.05) is 36.7 Å². The normalized spacial score (nSPS) is 21.9. The van der Waals surface area contributed by atoms with Crippen LogP contribution in [0, 0.1) is 11.6 Å². The van der Waals surface area contributed by atoms with E-state index in [9.17, 15) is 17.2 Å². The smallest absolute Gasteiger partial charge is 0.246 e. The standard InChI is InChI=1S/C16H22F2N2O2S2/c17-13-4-3-5-14(18)15(13)24(21,22)19-12-16(6-1-2-7-16)20-8-10-23-11-9-20/h3-5,19H,1-2,6-12H2. The SMILES string of the molecule is O=S(=O)(NCC1(N2CCSCC2)CCCC1)c1c(F)cccc1F. The van der Waals surface area contributed by atoms with E-state index < -0.39 is 26.6 Å². The highest BCUT2D eigenvalue weighted by Gasteiger charge is 2.41. The van der Waals surface area contributed by atoms with Crippen molar-refractivity contribution in [1.82, 2.24) is 9.62 Å². The lowest BCUT2D eigenvalue weighted by molar-refractivity contribution is 0.108. The Labute approximate surface area is 146 Å². The second kappa shape index (κ2) is 7.27. The summed E-state index contributed by atoms with van der Waals surface area (Å²) in [5, 5.41) is 0. The minimum absolute atomic E-state index is 0.202. The van der Waals surface area contributed by atoms with Gasteiger partial charge in [0.1, 0.15) is 11.6 Å². The van der Waals surface area contributed by atoms with E-state index in [1.165, 1.54) is 0 Å². The van der Waals surface area contributed by atoms with E-state index in [1.807, 2.05) is 11.8 Å². The fourth-order valence-electron chi connectivity index (χ4n) is 3.72. The molecule has 2 aliphatic rings. The number of nitrogens with zero attached hydrogens (tertiary/aromatic N) is 1. The van der Waals surface area contributed by atoms with Crippen LogP contribution in [0.1, 0.15) is 25.7 Å². The van der Waals surface area contributed by atoms with Crippen LogP contribution in [0.15, 0.2) is 23.1 Å². The molecule has 1 heterocycles. The van der Waals surface area contributed by atoms with Gasteiger partial charge in [0.15, 0.2) is 4.90 Å². The predicted molar refractivity (Wildman–Crippen MR) is 91.6 cm³/mol. The average Bonchev–Trinajstić information content (AvgIpc) is 3.04. The highest BCUT2D eigenvalue weighted by atomic mass is 32.2. The molecule has 1 N–H and O–H groups in total. The summed E-state index contributed by atoms with van der Waals surface area (Å²) in [4.78, 5) is 1.48. The topological polar surface area (TPSA) is 49.4 Å². The van der Waals surface area contributed by atoms with E-state index in [1.54, 1.807) is 0 Å². The minimum atomic E-state index is -4.22. The lowest BCUT2D eigenvalue weighted by atomic mass is 9.95. The highest BCUT2D eigenvalue weighted by Crippen LogP contribution is 2.36. The third-order valence-electron chi connectivity index (χ3n) is 5.00. The van der Waals surface area contributed by atoms with Gasteiger partial charge in [0.05, 0.1) is 0 Å². The molecule has 134 valence electrons. The van der Waals surface area contributed by atoms with Gasteiger partial charge in [-0.1, -0.05) is 18.9 Å². The van der Waals surface area contributed by atoms with Crippen LogP contribution in [0.2, 0.25) is 0 Å². The Morgan fingerprint density at radius 3 is 2.29 bits per heavy atom. The van der Waals surface area contributed by atoms with E-state index in [0.717, 1.165) is 68.5 Å². The number of halogens is 2. The molecular weight excluding hydrogens is 354 g/mol. The van der Waals surface area contributed by atoms with Crippen LogP contribution in [0.4, 0.5) is 8.78 Å². The molecule has 3 rings (SSSR count). The van der Waals surface area contributed by atoms with Crippen LogP contribution >= 0.6 is 11.8 Å². The fourth-order valence-corrected chi connectivity index (χ4v) is 5.87. The van der Waals surface area contributed by atoms with Gasteiger partial charge in [-0.25, -0.2) is 21.9 Å². The number of hydrogen-bond acceptors (Lipinski definition) is 4. The van der Waals surface area contributed by atoms with E-state index >= 15 is 0 Å². The zero-order valence-electron chi connectivity index (χ0n) is 13.4. The third kappa shape index (κ3) is 3.61. The molecule has 0 radical (unpaired) electrons. The Balaban J connectivity index is 1.79. The van der Waals surface area contributed by atoms with Crippen LogP contribution in [0.5, 0.6) is 0 Å². The molecule has 0 spiro atoms. The highest BCUT2D eigenvalue weighted by molar-refractivity contribution is 7.99. The summed E-state index contributed by atoms with van der Waals surface area (Å²) < 4.78 is 55.0. The van der Waals surface area contributed by atoms with Gasteiger partial charge in [-0.2, -0.15) is 11.8 Å². The largest absolute Gasteiger partial charge is 0.295 e. The summed E-state index contributed by atoms with van der Waals surface area (Å²) in [7, 11) is -4.22. The van der Waals surface area contributed by atoms with E-state index in [2.05, 4.69) is 9.62 Å². The van der Waals surface area contributed by atoms with Crippen LogP contribution < -0.4 is 4.72 Å². The van der Waals surface area contributed by atoms with Gasteiger partial charge in [-0.15, -0.1) is 0 Å². The molecule has 1 saturated carbocycles. The van der Waals surface area contributed by atoms with Crippen molar-refractivity contribution in [3.63, 3.8) is 0 Å². The number of sulfonamides is 1. The minimum Gasteiger partial charge on any atom is -0.295 e. The second-order valence-corrected chi connectivity index (χ2v) is 9.33. The van der Waals surface area contributed by atoms with Crippen molar-refractivity contribution in [3.05, 3.63) is 29.8 Å². The molecule has 1 saturated heterocycles. The van der Waals surface area contributed by atoms with Crippen molar-refractivity contribution in [3.8, 4) is 0 Å². The summed E-state index contributed by atoms with van der Waals surface area (Å²) in [5.74, 6) is -0.0398. The quantitative estimate of drug-likeness (QED) is 0.858. The first-order valence-corrected chi connectivity index (χ1v) is 10.8. The lowest BCUT2D eigenvalue weighted by Crippen LogP contribution is -2.56. The molecule has 0 aromatic heterocycles. The molecule has 1 aromatic carbocycles. The van der Waals surface area contributed by atoms with Gasteiger partial charge in [-0.05, 0) is 25.0 Å². The summed E-state index contributed by atoms with van der Waals surface area (Å²) >= 11 is 1.90. The first-order valence-electron chi connectivity index (χ1n) is 8.21. The first-order chi connectivity index (χ1) is 11.4. The Bertz CT molecular complexity index is 665. The van der Waals surface area contributed by atoms with Gasteiger partial charge >= 0.3 is 0 Å². The van der Waals surface area contributed by atoms with Crippen LogP contribution in [-0.2, 0) is 10.0 Å². The number of hydrogen-bond donors (Lipinski definition) is 1. The van der Waals surface area contributed by atoms with Crippen molar-refractivity contribution >= 4 is 21.8 Å². The van der Waals surface area contributed by atoms with Crippen molar-refractivity contribution < 1.29 is 17.2 Å². The average molecular weight is 376 g/mol. The maximum absolute atomic E-state index is 13.8. The molecule has 0 amide bonds. The summed E-state index contributed by atoms with van der Waals surface area (Å²) in [6, 6.07) is 3.09. The van der Waals surface area contributed by atoms with E-state index in [4.69, 9.17) is 0 Å². The molecule has 1 aliphatic carbocycles. The zero-order chi connectivity index (χ0) is 17.2. The van der Waals surface area contributed by atoms with Gasteiger partial charge in [-0.3, -0.25) is 4.90 Å². The number of nitrogens with one attached hydrogen (secondary N) is 1. The first kappa shape index (κ1) is 18.1. The number of rotatable bonds is 5. The van der Waals surface area contributed by atoms with Crippen LogP contribution in [0.25, 0.3) is 0 Å². The maximum Gasteiger partial charge on any atom is 0.246 e. The van der Waals surface area contributed by atoms with E-state index in [-0.39, 0.29) is 12.1 Å². The molecule has 1 aromatic rings. The Kier molecular flexibility index (Phi) is 5.48. The van der Waals surface area contributed by atoms with Gasteiger partial charge in [0.2, 0.25) is 10.0 Å². The van der Waals surface area contributed by atoms with Crippen molar-refractivity contribution in [2.24, 2.45) is 0 Å². The Morgan fingerprint density at radius 2 is 1.71 bits per heavy atom. The van der Waals surface area contributed by atoms with Crippen molar-refractivity contribution in [2.75, 3.05) is 31.1 Å². The maximum atomic E-state index is 13.8. The summed E-state index contributed by atoms with van der Waals surface area (Å²) in [6.45, 7) is 2.06. The van der Waals surface area contributed by atoms with Gasteiger partial charge < -0.3 is 0 Å². The summed E-state index contributed by atoms with van der Waals surface area (Å²) in [6.07, 6.45) is 3.94. The molecule has 2 fully saturated rings. The lowest BCUT2D eigenvalue weighted by Gasteiger charge is -2.43. The number of thioether (sulfide) groups is 1. The molecule has 0 bridgehead atoms. The number of benzene rings is 1. The van der Waals surface area contributed by atoms with Gasteiger partial charge in [0.25, 0.3) is 0 Å². The Hall–Kier alpha value is -0.700. The van der Waals surface area contributed by atoms with E-state index in [0.29, 0.717) is 0 Å². The molecule has 0 unspecified atom stereocenters. The van der Waals surface area contributed by atoms with Crippen LogP contribution in [-0.4, -0.2) is 50.0 Å². The molecule has 0 atom stereocenters. The Morgan fingerprint density at radius 1 is 1.12 bits per heavy atom. The van der Waals surface area contributed by atoms with Crippen LogP contribution in [0.3, 0.4) is 0 Å². The zero-order valence-corrected chi connectivity index (χ0v) is 15.1. The molecule has 24 heavy (non-hydrogen) atoms. The molecule has 4 nitrogen and oxygen atoms in total. The third-order valence-corrected chi connectivity index (χ3v) is 7.39. The molecule has 1 aliphatic heterocycles. The monoisotopic (exact) mass is 376 g/mol. The summed E-state index contributed by atoms with van der Waals surface area (Å²) in [5.41, 5.74) is -0.226. The molecular formula is C16H22F2N2O2S2. The van der Waals surface area contributed by atoms with Crippen molar-refractivity contribution in [1.29, 1.82) is 0 Å². The fraction of sp³-hybridized carbons (Fsp3) is 0.625. The molecule has 8 heteroatoms.